The van der Waals surface area contributed by atoms with Gasteiger partial charge in [-0.3, -0.25) is 4.55 Å². The number of fused-ring (bicyclic) bond motifs is 1. The van der Waals surface area contributed by atoms with Crippen LogP contribution < -0.4 is 5.36 Å². The molecule has 0 aromatic heterocycles. The molecule has 74 valence electrons. The summed E-state index contributed by atoms with van der Waals surface area (Å²) >= 11 is 5.71. The Hall–Kier alpha value is -0.910. The number of nitrogens with zero attached hydrogens (tertiary/aromatic N) is 2. The lowest BCUT2D eigenvalue weighted by atomic mass is 10.3. The van der Waals surface area contributed by atoms with Gasteiger partial charge in [0.2, 0.25) is 0 Å². The summed E-state index contributed by atoms with van der Waals surface area (Å²) in [5.74, 6) is 0.298. The van der Waals surface area contributed by atoms with Gasteiger partial charge in [-0.05, 0) is 25.1 Å². The number of hydrogen-bond acceptors (Lipinski definition) is 2. The number of rotatable bonds is 0. The van der Waals surface area contributed by atoms with Gasteiger partial charge < -0.3 is 0 Å². The Balaban J connectivity index is 3.10. The predicted molar refractivity (Wildman–Crippen MR) is 55.3 cm³/mol. The minimum absolute atomic E-state index is 0.176. The van der Waals surface area contributed by atoms with Crippen molar-refractivity contribution in [2.75, 3.05) is 0 Å². The summed E-state index contributed by atoms with van der Waals surface area (Å²) in [5.41, 5.74) is 0. The highest BCUT2D eigenvalue weighted by Gasteiger charge is 2.09. The molecular weight excluding hydrogens is 224 g/mol. The zero-order valence-corrected chi connectivity index (χ0v) is 8.84. The maximum Gasteiger partial charge on any atom is 0.199 e. The lowest BCUT2D eigenvalue weighted by Gasteiger charge is -2.03. The van der Waals surface area contributed by atoms with E-state index in [2.05, 4.69) is 9.39 Å². The van der Waals surface area contributed by atoms with Gasteiger partial charge in [0.15, 0.2) is 9.99 Å². The van der Waals surface area contributed by atoms with Crippen molar-refractivity contribution in [2.45, 2.75) is 6.92 Å². The van der Waals surface area contributed by atoms with Gasteiger partial charge in [-0.25, -0.2) is 9.20 Å². The largest absolute Gasteiger partial charge is 0.296 e. The summed E-state index contributed by atoms with van der Waals surface area (Å²) in [6, 6.07) is 4.64. The lowest BCUT2D eigenvalue weighted by Crippen LogP contribution is -2.17. The Morgan fingerprint density at radius 3 is 2.93 bits per heavy atom. The summed E-state index contributed by atoms with van der Waals surface area (Å²) in [6.45, 7) is 1.58. The molecule has 0 aliphatic carbocycles. The molecule has 0 saturated carbocycles. The molecule has 1 unspecified atom stereocenters. The predicted octanol–water partition coefficient (Wildman–Crippen LogP) is 1.31. The van der Waals surface area contributed by atoms with Gasteiger partial charge in [0, 0.05) is 5.02 Å². The van der Waals surface area contributed by atoms with Crippen LogP contribution in [0.3, 0.4) is 0 Å². The van der Waals surface area contributed by atoms with Crippen LogP contribution in [-0.2, 0) is 9.99 Å². The van der Waals surface area contributed by atoms with Gasteiger partial charge in [-0.1, -0.05) is 11.6 Å². The summed E-state index contributed by atoms with van der Waals surface area (Å²) in [4.78, 5) is 4.03. The van der Waals surface area contributed by atoms with E-state index in [1.165, 1.54) is 6.07 Å². The van der Waals surface area contributed by atoms with Crippen molar-refractivity contribution < 1.29 is 8.76 Å². The van der Waals surface area contributed by atoms with E-state index in [1.807, 2.05) is 0 Å². The van der Waals surface area contributed by atoms with Gasteiger partial charge in [-0.2, -0.15) is 4.40 Å². The van der Waals surface area contributed by atoms with E-state index in [4.69, 9.17) is 11.6 Å². The van der Waals surface area contributed by atoms with E-state index < -0.39 is 9.99 Å². The van der Waals surface area contributed by atoms with Gasteiger partial charge >= 0.3 is 0 Å². The molecule has 0 radical (unpaired) electrons. The van der Waals surface area contributed by atoms with Gasteiger partial charge in [0.25, 0.3) is 0 Å². The SMILES string of the molecule is CC1=NS(=O)(O)=c2cc(Cl)ccc2=N1. The molecular formula is C8H7ClN2O2S. The van der Waals surface area contributed by atoms with E-state index in [1.54, 1.807) is 19.1 Å². The van der Waals surface area contributed by atoms with Crippen LogP contribution >= 0.6 is 11.6 Å². The molecule has 2 rings (SSSR count). The molecule has 1 atom stereocenters. The smallest absolute Gasteiger partial charge is 0.199 e. The molecule has 6 heteroatoms. The highest BCUT2D eigenvalue weighted by molar-refractivity contribution is 7.88. The molecule has 1 aliphatic rings. The van der Waals surface area contributed by atoms with E-state index >= 15 is 0 Å². The Morgan fingerprint density at radius 2 is 2.21 bits per heavy atom. The lowest BCUT2D eigenvalue weighted by molar-refractivity contribution is 0.557. The van der Waals surface area contributed by atoms with Crippen LogP contribution in [0.2, 0.25) is 5.02 Å². The first kappa shape index (κ1) is 9.64. The summed E-state index contributed by atoms with van der Waals surface area (Å²) in [5, 5.41) is 0.852. The molecule has 0 bridgehead atoms. The molecule has 1 aromatic rings. The Bertz CT molecular complexity index is 629. The van der Waals surface area contributed by atoms with Crippen LogP contribution in [0, 0.1) is 4.51 Å². The van der Waals surface area contributed by atoms with E-state index in [0.717, 1.165) is 0 Å². The zero-order chi connectivity index (χ0) is 10.3. The molecule has 1 aromatic carbocycles. The molecule has 1 aliphatic heterocycles. The number of hydrogen-bond donors (Lipinski definition) is 1. The fourth-order valence-electron chi connectivity index (χ4n) is 1.22. The molecule has 0 saturated heterocycles. The first-order valence-electron chi connectivity index (χ1n) is 3.83. The standard InChI is InChI=1S/C8H7ClN2O2S/c1-5-10-7-3-2-6(9)4-8(7)14(12,13)11-5/h2-4H,1H3,(H,10,11,12,13). The highest BCUT2D eigenvalue weighted by Crippen LogP contribution is 2.08. The van der Waals surface area contributed by atoms with Crippen molar-refractivity contribution in [3.05, 3.63) is 33.1 Å². The highest BCUT2D eigenvalue weighted by atomic mass is 35.5. The van der Waals surface area contributed by atoms with Gasteiger partial charge in [0.05, 0.1) is 5.36 Å². The third kappa shape index (κ3) is 1.54. The maximum absolute atomic E-state index is 11.6. The second kappa shape index (κ2) is 3.05. The summed E-state index contributed by atoms with van der Waals surface area (Å²) < 4.78 is 24.9. The summed E-state index contributed by atoms with van der Waals surface area (Å²) in [7, 11) is -3.35. The molecule has 0 amide bonds. The van der Waals surface area contributed by atoms with Crippen molar-refractivity contribution in [1.29, 1.82) is 0 Å². The number of amidine groups is 1. The minimum Gasteiger partial charge on any atom is -0.296 e. The van der Waals surface area contributed by atoms with Crippen molar-refractivity contribution in [3.63, 3.8) is 0 Å². The Labute approximate surface area is 85.9 Å². The first-order valence-corrected chi connectivity index (χ1v) is 5.68. The Kier molecular flexibility index (Phi) is 2.10. The van der Waals surface area contributed by atoms with Crippen molar-refractivity contribution in [2.24, 2.45) is 9.39 Å². The zero-order valence-electron chi connectivity index (χ0n) is 7.27. The average Bonchev–Trinajstić information content (AvgIpc) is 2.05. The fraction of sp³-hybridized carbons (Fsp3) is 0.125. The minimum atomic E-state index is -3.35. The molecule has 0 fully saturated rings. The first-order chi connectivity index (χ1) is 6.49. The van der Waals surface area contributed by atoms with Crippen molar-refractivity contribution in [1.82, 2.24) is 0 Å². The Morgan fingerprint density at radius 1 is 1.50 bits per heavy atom. The maximum atomic E-state index is 11.6. The van der Waals surface area contributed by atoms with Crippen LogP contribution in [0.1, 0.15) is 6.92 Å². The van der Waals surface area contributed by atoms with Crippen LogP contribution in [0.5, 0.6) is 0 Å². The van der Waals surface area contributed by atoms with E-state index in [-0.39, 0.29) is 4.51 Å². The third-order valence-electron chi connectivity index (χ3n) is 1.75. The quantitative estimate of drug-likeness (QED) is 0.684. The van der Waals surface area contributed by atoms with Gasteiger partial charge in [0.1, 0.15) is 10.3 Å². The molecule has 0 spiro atoms. The van der Waals surface area contributed by atoms with Crippen LogP contribution in [0.15, 0.2) is 27.6 Å². The monoisotopic (exact) mass is 230 g/mol. The number of halogens is 1. The fourth-order valence-corrected chi connectivity index (χ4v) is 2.62. The van der Waals surface area contributed by atoms with E-state index in [0.29, 0.717) is 16.2 Å². The third-order valence-corrected chi connectivity index (χ3v) is 3.39. The van der Waals surface area contributed by atoms with E-state index in [9.17, 15) is 8.76 Å². The number of benzene rings is 1. The second-order valence-corrected chi connectivity index (χ2v) is 4.91. The molecule has 1 N–H and O–H groups in total. The average molecular weight is 231 g/mol. The normalized spacial score (nSPS) is 24.9. The molecule has 1 heterocycles. The van der Waals surface area contributed by atoms with Crippen LogP contribution in [0.25, 0.3) is 0 Å². The van der Waals surface area contributed by atoms with Gasteiger partial charge in [-0.15, -0.1) is 0 Å². The van der Waals surface area contributed by atoms with Crippen LogP contribution in [0.4, 0.5) is 0 Å². The molecule has 4 nitrogen and oxygen atoms in total. The topological polar surface area (TPSA) is 62.0 Å². The van der Waals surface area contributed by atoms with Crippen molar-refractivity contribution in [3.8, 4) is 0 Å². The van der Waals surface area contributed by atoms with Crippen LogP contribution in [-0.4, -0.2) is 14.6 Å². The van der Waals surface area contributed by atoms with Crippen molar-refractivity contribution >= 4 is 27.4 Å². The summed E-state index contributed by atoms with van der Waals surface area (Å²) in [6.07, 6.45) is 0. The second-order valence-electron chi connectivity index (χ2n) is 2.86. The molecule has 14 heavy (non-hydrogen) atoms.